The molecule has 0 saturated carbocycles. The third-order valence-corrected chi connectivity index (χ3v) is 4.53. The largest absolute Gasteiger partial charge is 0.379 e. The highest BCUT2D eigenvalue weighted by atomic mass is 16.5. The predicted octanol–water partition coefficient (Wildman–Crippen LogP) is 1.58. The van der Waals surface area contributed by atoms with Gasteiger partial charge in [-0.05, 0) is 31.7 Å². The molecule has 0 spiro atoms. The molecule has 1 aromatic heterocycles. The van der Waals surface area contributed by atoms with Crippen LogP contribution in [-0.4, -0.2) is 72.6 Å². The summed E-state index contributed by atoms with van der Waals surface area (Å²) in [7, 11) is 0. The van der Waals surface area contributed by atoms with Crippen LogP contribution in [0.2, 0.25) is 0 Å². The topological polar surface area (TPSA) is 66.7 Å². The summed E-state index contributed by atoms with van der Waals surface area (Å²) in [5, 5.41) is 11.0. The molecule has 2 heterocycles. The first-order valence-electron chi connectivity index (χ1n) is 10.0. The Labute approximate surface area is 158 Å². The van der Waals surface area contributed by atoms with Crippen LogP contribution in [0.4, 0.5) is 0 Å². The van der Waals surface area contributed by atoms with Crippen LogP contribution >= 0.6 is 0 Å². The van der Waals surface area contributed by atoms with Crippen LogP contribution in [0, 0.1) is 5.92 Å². The lowest BCUT2D eigenvalue weighted by atomic mass is 10.0. The normalized spacial score (nSPS) is 17.5. The Morgan fingerprint density at radius 3 is 2.73 bits per heavy atom. The van der Waals surface area contributed by atoms with Crippen molar-refractivity contribution in [3.05, 3.63) is 18.5 Å². The van der Waals surface area contributed by atoms with E-state index >= 15 is 0 Å². The summed E-state index contributed by atoms with van der Waals surface area (Å²) in [5.41, 5.74) is 0. The summed E-state index contributed by atoms with van der Waals surface area (Å²) < 4.78 is 7.47. The molecule has 148 valence electrons. The van der Waals surface area contributed by atoms with E-state index in [9.17, 15) is 0 Å². The maximum atomic E-state index is 5.51. The SMILES string of the molecule is CCNC(=NCC(CC(C)C)N1CCOCC1)NCCCn1cccn1. The average Bonchev–Trinajstić information content (AvgIpc) is 3.16. The van der Waals surface area contributed by atoms with E-state index in [1.807, 2.05) is 23.1 Å². The van der Waals surface area contributed by atoms with Crippen molar-refractivity contribution < 1.29 is 4.74 Å². The van der Waals surface area contributed by atoms with Crippen molar-refractivity contribution in [2.24, 2.45) is 10.9 Å². The van der Waals surface area contributed by atoms with Gasteiger partial charge in [-0.1, -0.05) is 13.8 Å². The summed E-state index contributed by atoms with van der Waals surface area (Å²) in [4.78, 5) is 7.40. The molecule has 0 aromatic carbocycles. The zero-order chi connectivity index (χ0) is 18.6. The summed E-state index contributed by atoms with van der Waals surface area (Å²) in [6.45, 7) is 13.9. The Hall–Kier alpha value is -1.60. The average molecular weight is 365 g/mol. The lowest BCUT2D eigenvalue weighted by Gasteiger charge is -2.34. The Bertz CT molecular complexity index is 496. The van der Waals surface area contributed by atoms with Gasteiger partial charge in [-0.2, -0.15) is 5.10 Å². The summed E-state index contributed by atoms with van der Waals surface area (Å²) >= 11 is 0. The molecule has 2 N–H and O–H groups in total. The lowest BCUT2D eigenvalue weighted by Crippen LogP contribution is -2.46. The van der Waals surface area contributed by atoms with Crippen molar-refractivity contribution in [2.45, 2.75) is 46.2 Å². The van der Waals surface area contributed by atoms with Crippen LogP contribution < -0.4 is 10.6 Å². The number of guanidine groups is 1. The van der Waals surface area contributed by atoms with Gasteiger partial charge in [0.25, 0.3) is 0 Å². The van der Waals surface area contributed by atoms with E-state index in [2.05, 4.69) is 41.4 Å². The number of aromatic nitrogens is 2. The highest BCUT2D eigenvalue weighted by Gasteiger charge is 2.21. The third-order valence-electron chi connectivity index (χ3n) is 4.53. The van der Waals surface area contributed by atoms with Crippen LogP contribution in [-0.2, 0) is 11.3 Å². The maximum Gasteiger partial charge on any atom is 0.191 e. The van der Waals surface area contributed by atoms with Crippen LogP contribution in [0.5, 0.6) is 0 Å². The van der Waals surface area contributed by atoms with E-state index in [4.69, 9.17) is 9.73 Å². The highest BCUT2D eigenvalue weighted by Crippen LogP contribution is 2.14. The van der Waals surface area contributed by atoms with E-state index in [-0.39, 0.29) is 0 Å². The fourth-order valence-electron chi connectivity index (χ4n) is 3.24. The minimum Gasteiger partial charge on any atom is -0.379 e. The number of aliphatic imine (C=N–C) groups is 1. The number of hydrogen-bond donors (Lipinski definition) is 2. The van der Waals surface area contributed by atoms with Gasteiger partial charge in [0.15, 0.2) is 5.96 Å². The fourth-order valence-corrected chi connectivity index (χ4v) is 3.24. The first-order valence-corrected chi connectivity index (χ1v) is 10.0. The van der Waals surface area contributed by atoms with Gasteiger partial charge in [-0.25, -0.2) is 0 Å². The monoisotopic (exact) mass is 364 g/mol. The molecular formula is C19H36N6O. The molecule has 26 heavy (non-hydrogen) atoms. The van der Waals surface area contributed by atoms with Gasteiger partial charge in [0.2, 0.25) is 0 Å². The van der Waals surface area contributed by atoms with Crippen molar-refractivity contribution >= 4 is 5.96 Å². The number of hydrogen-bond acceptors (Lipinski definition) is 4. The predicted molar refractivity (Wildman–Crippen MR) is 106 cm³/mol. The summed E-state index contributed by atoms with van der Waals surface area (Å²) in [6, 6.07) is 2.44. The molecular weight excluding hydrogens is 328 g/mol. The molecule has 0 radical (unpaired) electrons. The third kappa shape index (κ3) is 7.74. The molecule has 7 nitrogen and oxygen atoms in total. The van der Waals surface area contributed by atoms with Crippen LogP contribution in [0.25, 0.3) is 0 Å². The number of rotatable bonds is 10. The second-order valence-corrected chi connectivity index (χ2v) is 7.20. The van der Waals surface area contributed by atoms with E-state index < -0.39 is 0 Å². The second kappa shape index (κ2) is 11.9. The minimum absolute atomic E-state index is 0.485. The van der Waals surface area contributed by atoms with Crippen molar-refractivity contribution in [3.63, 3.8) is 0 Å². The van der Waals surface area contributed by atoms with Gasteiger partial charge < -0.3 is 15.4 Å². The first-order chi connectivity index (χ1) is 12.7. The van der Waals surface area contributed by atoms with Gasteiger partial charge in [0.1, 0.15) is 0 Å². The van der Waals surface area contributed by atoms with Crippen LogP contribution in [0.1, 0.15) is 33.6 Å². The molecule has 0 aliphatic carbocycles. The number of aryl methyl sites for hydroxylation is 1. The van der Waals surface area contributed by atoms with E-state index in [1.165, 1.54) is 6.42 Å². The maximum absolute atomic E-state index is 5.51. The smallest absolute Gasteiger partial charge is 0.191 e. The molecule has 7 heteroatoms. The molecule has 1 saturated heterocycles. The minimum atomic E-state index is 0.485. The molecule has 1 atom stereocenters. The number of morpholine rings is 1. The number of ether oxygens (including phenoxy) is 1. The second-order valence-electron chi connectivity index (χ2n) is 7.20. The zero-order valence-electron chi connectivity index (χ0n) is 16.7. The van der Waals surface area contributed by atoms with Gasteiger partial charge in [-0.3, -0.25) is 14.6 Å². The first kappa shape index (κ1) is 20.7. The van der Waals surface area contributed by atoms with Gasteiger partial charge in [-0.15, -0.1) is 0 Å². The Morgan fingerprint density at radius 1 is 1.27 bits per heavy atom. The molecule has 1 fully saturated rings. The fraction of sp³-hybridized carbons (Fsp3) is 0.789. The van der Waals surface area contributed by atoms with Crippen molar-refractivity contribution in [1.82, 2.24) is 25.3 Å². The van der Waals surface area contributed by atoms with E-state index in [0.717, 1.165) is 64.9 Å². The molecule has 2 rings (SSSR count). The molecule has 1 aliphatic heterocycles. The Morgan fingerprint density at radius 2 is 2.08 bits per heavy atom. The number of nitrogens with one attached hydrogen (secondary N) is 2. The molecule has 1 unspecified atom stereocenters. The van der Waals surface area contributed by atoms with Crippen LogP contribution in [0.3, 0.4) is 0 Å². The summed E-state index contributed by atoms with van der Waals surface area (Å²) in [6.07, 6.45) is 6.00. The Balaban J connectivity index is 1.82. The standard InChI is InChI=1S/C19H36N6O/c1-4-20-19(21-7-5-9-25-10-6-8-23-25)22-16-18(15-17(2)3)24-11-13-26-14-12-24/h6,8,10,17-18H,4-5,7,9,11-16H2,1-3H3,(H2,20,21,22). The highest BCUT2D eigenvalue weighted by molar-refractivity contribution is 5.79. The van der Waals surface area contributed by atoms with Crippen molar-refractivity contribution in [2.75, 3.05) is 45.9 Å². The van der Waals surface area contributed by atoms with Gasteiger partial charge in [0.05, 0.1) is 19.8 Å². The van der Waals surface area contributed by atoms with Crippen LogP contribution in [0.15, 0.2) is 23.5 Å². The summed E-state index contributed by atoms with van der Waals surface area (Å²) in [5.74, 6) is 1.58. The van der Waals surface area contributed by atoms with Gasteiger partial charge in [0, 0.05) is 51.2 Å². The Kier molecular flexibility index (Phi) is 9.48. The lowest BCUT2D eigenvalue weighted by molar-refractivity contribution is 0.0143. The number of nitrogens with zero attached hydrogens (tertiary/aromatic N) is 4. The van der Waals surface area contributed by atoms with Crippen molar-refractivity contribution in [3.8, 4) is 0 Å². The van der Waals surface area contributed by atoms with E-state index in [0.29, 0.717) is 12.0 Å². The zero-order valence-corrected chi connectivity index (χ0v) is 16.7. The van der Waals surface area contributed by atoms with Gasteiger partial charge >= 0.3 is 0 Å². The molecule has 0 amide bonds. The van der Waals surface area contributed by atoms with E-state index in [1.54, 1.807) is 0 Å². The quantitative estimate of drug-likeness (QED) is 0.375. The molecule has 0 bridgehead atoms. The molecule has 1 aliphatic rings. The van der Waals surface area contributed by atoms with Crippen molar-refractivity contribution in [1.29, 1.82) is 0 Å². The molecule has 1 aromatic rings.